The Labute approximate surface area is 224 Å². The summed E-state index contributed by atoms with van der Waals surface area (Å²) in [5, 5.41) is 12.7. The number of amides is 1. The second-order valence-electron chi connectivity index (χ2n) is 11.1. The number of nitrogens with zero attached hydrogens (tertiary/aromatic N) is 1. The summed E-state index contributed by atoms with van der Waals surface area (Å²) < 4.78 is 12.0. The van der Waals surface area contributed by atoms with E-state index in [2.05, 4.69) is 39.1 Å². The molecule has 4 rings (SSSR count). The van der Waals surface area contributed by atoms with E-state index in [0.29, 0.717) is 21.9 Å². The SMILES string of the molecule is CC(C)Oc1ccc(-c2ccc(C(=O)NC3C(C)(C)C(Oc4ccc(C#N)c(Cl)c4)C3(C)C)cc2)cc1. The molecular formula is C31H33ClN2O3. The molecule has 6 heteroatoms. The molecule has 1 aliphatic rings. The molecule has 0 bridgehead atoms. The number of carbonyl (C=O) groups is 1. The van der Waals surface area contributed by atoms with Crippen LogP contribution in [0.4, 0.5) is 0 Å². The molecule has 0 radical (unpaired) electrons. The minimum absolute atomic E-state index is 0.0977. The fraction of sp³-hybridized carbons (Fsp3) is 0.355. The van der Waals surface area contributed by atoms with Gasteiger partial charge in [0.05, 0.1) is 16.7 Å². The Kier molecular flexibility index (Phi) is 7.26. The molecule has 1 saturated carbocycles. The first-order valence-electron chi connectivity index (χ1n) is 12.5. The van der Waals surface area contributed by atoms with Crippen LogP contribution in [-0.2, 0) is 0 Å². The summed E-state index contributed by atoms with van der Waals surface area (Å²) in [4.78, 5) is 13.2. The van der Waals surface area contributed by atoms with Gasteiger partial charge in [-0.05, 0) is 61.4 Å². The van der Waals surface area contributed by atoms with Crippen LogP contribution in [0.5, 0.6) is 11.5 Å². The monoisotopic (exact) mass is 516 g/mol. The molecule has 1 fully saturated rings. The number of hydrogen-bond acceptors (Lipinski definition) is 4. The highest BCUT2D eigenvalue weighted by Gasteiger charge is 2.64. The zero-order valence-electron chi connectivity index (χ0n) is 22.1. The van der Waals surface area contributed by atoms with Gasteiger partial charge in [-0.1, -0.05) is 63.6 Å². The second kappa shape index (κ2) is 10.1. The van der Waals surface area contributed by atoms with Gasteiger partial charge in [0.2, 0.25) is 0 Å². The van der Waals surface area contributed by atoms with Gasteiger partial charge in [-0.3, -0.25) is 4.79 Å². The molecule has 3 aromatic carbocycles. The molecule has 0 spiro atoms. The first-order chi connectivity index (χ1) is 17.4. The summed E-state index contributed by atoms with van der Waals surface area (Å²) >= 11 is 6.19. The number of nitriles is 1. The van der Waals surface area contributed by atoms with Crippen molar-refractivity contribution >= 4 is 17.5 Å². The van der Waals surface area contributed by atoms with E-state index in [-0.39, 0.29) is 35.0 Å². The maximum absolute atomic E-state index is 13.2. The summed E-state index contributed by atoms with van der Waals surface area (Å²) in [6.07, 6.45) is -0.0232. The molecule has 0 aromatic heterocycles. The first-order valence-corrected chi connectivity index (χ1v) is 12.9. The van der Waals surface area contributed by atoms with E-state index in [9.17, 15) is 4.79 Å². The van der Waals surface area contributed by atoms with Crippen molar-refractivity contribution in [3.63, 3.8) is 0 Å². The second-order valence-corrected chi connectivity index (χ2v) is 11.5. The molecule has 1 N–H and O–H groups in total. The van der Waals surface area contributed by atoms with Gasteiger partial charge < -0.3 is 14.8 Å². The van der Waals surface area contributed by atoms with Gasteiger partial charge >= 0.3 is 0 Å². The van der Waals surface area contributed by atoms with Crippen LogP contribution in [0, 0.1) is 22.2 Å². The molecule has 0 saturated heterocycles. The number of carbonyl (C=O) groups excluding carboxylic acids is 1. The van der Waals surface area contributed by atoms with E-state index in [0.717, 1.165) is 16.9 Å². The van der Waals surface area contributed by atoms with Gasteiger partial charge in [-0.2, -0.15) is 5.26 Å². The number of ether oxygens (including phenoxy) is 2. The predicted molar refractivity (Wildman–Crippen MR) is 147 cm³/mol. The molecule has 0 aliphatic heterocycles. The molecule has 5 nitrogen and oxygen atoms in total. The van der Waals surface area contributed by atoms with Crippen molar-refractivity contribution in [3.05, 3.63) is 82.9 Å². The van der Waals surface area contributed by atoms with E-state index in [1.807, 2.05) is 62.4 Å². The van der Waals surface area contributed by atoms with Gasteiger partial charge in [0, 0.05) is 28.5 Å². The number of benzene rings is 3. The molecule has 0 unspecified atom stereocenters. The van der Waals surface area contributed by atoms with Crippen molar-refractivity contribution in [1.82, 2.24) is 5.32 Å². The highest BCUT2D eigenvalue weighted by atomic mass is 35.5. The van der Waals surface area contributed by atoms with Crippen molar-refractivity contribution < 1.29 is 14.3 Å². The minimum atomic E-state index is -0.320. The smallest absolute Gasteiger partial charge is 0.251 e. The molecule has 0 heterocycles. The maximum atomic E-state index is 13.2. The van der Waals surface area contributed by atoms with Gasteiger partial charge in [0.25, 0.3) is 5.91 Å². The van der Waals surface area contributed by atoms with E-state index in [1.54, 1.807) is 18.2 Å². The van der Waals surface area contributed by atoms with Crippen LogP contribution >= 0.6 is 11.6 Å². The van der Waals surface area contributed by atoms with Gasteiger partial charge in [0.15, 0.2) is 0 Å². The first kappa shape index (κ1) is 26.6. The molecule has 1 amide bonds. The van der Waals surface area contributed by atoms with Gasteiger partial charge in [-0.25, -0.2) is 0 Å². The zero-order chi connectivity index (χ0) is 27.0. The lowest BCUT2D eigenvalue weighted by Gasteiger charge is -2.63. The quantitative estimate of drug-likeness (QED) is 0.358. The largest absolute Gasteiger partial charge is 0.491 e. The van der Waals surface area contributed by atoms with Crippen molar-refractivity contribution in [2.45, 2.75) is 59.8 Å². The number of halogens is 1. The topological polar surface area (TPSA) is 71.3 Å². The summed E-state index contributed by atoms with van der Waals surface area (Å²) in [7, 11) is 0. The van der Waals surface area contributed by atoms with Crippen LogP contribution in [0.15, 0.2) is 66.7 Å². The van der Waals surface area contributed by atoms with E-state index >= 15 is 0 Å². The fourth-order valence-corrected chi connectivity index (χ4v) is 5.84. The van der Waals surface area contributed by atoms with Crippen molar-refractivity contribution in [2.75, 3.05) is 0 Å². The average Bonchev–Trinajstić information content (AvgIpc) is 2.85. The summed E-state index contributed by atoms with van der Waals surface area (Å²) in [6, 6.07) is 22.7. The Morgan fingerprint density at radius 1 is 0.919 bits per heavy atom. The Hall–Kier alpha value is -3.49. The lowest BCUT2D eigenvalue weighted by molar-refractivity contribution is -0.164. The molecular weight excluding hydrogens is 484 g/mol. The predicted octanol–water partition coefficient (Wildman–Crippen LogP) is 7.28. The molecule has 37 heavy (non-hydrogen) atoms. The Morgan fingerprint density at radius 3 is 1.97 bits per heavy atom. The lowest BCUT2D eigenvalue weighted by atomic mass is 9.49. The van der Waals surface area contributed by atoms with Crippen LogP contribution in [0.3, 0.4) is 0 Å². The van der Waals surface area contributed by atoms with Gasteiger partial charge in [0.1, 0.15) is 23.7 Å². The molecule has 3 aromatic rings. The van der Waals surface area contributed by atoms with Crippen molar-refractivity contribution in [2.24, 2.45) is 10.8 Å². The zero-order valence-corrected chi connectivity index (χ0v) is 22.9. The van der Waals surface area contributed by atoms with Crippen LogP contribution in [0.2, 0.25) is 5.02 Å². The number of hydrogen-bond donors (Lipinski definition) is 1. The van der Waals surface area contributed by atoms with Crippen molar-refractivity contribution in [1.29, 1.82) is 5.26 Å². The minimum Gasteiger partial charge on any atom is -0.491 e. The summed E-state index contributed by atoms with van der Waals surface area (Å²) in [6.45, 7) is 12.4. The van der Waals surface area contributed by atoms with Crippen LogP contribution in [0.1, 0.15) is 57.5 Å². The van der Waals surface area contributed by atoms with Crippen LogP contribution in [0.25, 0.3) is 11.1 Å². The molecule has 0 atom stereocenters. The van der Waals surface area contributed by atoms with E-state index in [4.69, 9.17) is 26.3 Å². The van der Waals surface area contributed by atoms with E-state index in [1.165, 1.54) is 0 Å². The average molecular weight is 517 g/mol. The highest BCUT2D eigenvalue weighted by Crippen LogP contribution is 2.55. The number of nitrogens with one attached hydrogen (secondary N) is 1. The summed E-state index contributed by atoms with van der Waals surface area (Å²) in [5.74, 6) is 1.34. The third-order valence-electron chi connectivity index (χ3n) is 7.14. The molecule has 1 aliphatic carbocycles. The van der Waals surface area contributed by atoms with Crippen LogP contribution in [-0.4, -0.2) is 24.2 Å². The van der Waals surface area contributed by atoms with E-state index < -0.39 is 0 Å². The Balaban J connectivity index is 1.43. The third-order valence-corrected chi connectivity index (χ3v) is 7.45. The van der Waals surface area contributed by atoms with Crippen LogP contribution < -0.4 is 14.8 Å². The normalized spacial score (nSPS) is 19.4. The maximum Gasteiger partial charge on any atom is 0.251 e. The number of rotatable bonds is 7. The van der Waals surface area contributed by atoms with Gasteiger partial charge in [-0.15, -0.1) is 0 Å². The fourth-order valence-electron chi connectivity index (χ4n) is 5.62. The lowest BCUT2D eigenvalue weighted by Crippen LogP contribution is -2.74. The summed E-state index contributed by atoms with van der Waals surface area (Å²) in [5.41, 5.74) is 2.48. The molecule has 192 valence electrons. The van der Waals surface area contributed by atoms with Crippen molar-refractivity contribution in [3.8, 4) is 28.7 Å². The Morgan fingerprint density at radius 2 is 1.46 bits per heavy atom. The Bertz CT molecular complexity index is 1310. The third kappa shape index (κ3) is 5.31. The standard InChI is InChI=1S/C31H33ClN2O3/c1-19(2)36-24-14-11-21(12-15-24)20-7-9-22(10-8-20)27(35)34-28-30(3,4)29(31(28,5)6)37-25-16-13-23(18-33)26(32)17-25/h7-17,19,28-29H,1-6H3,(H,34,35). The highest BCUT2D eigenvalue weighted by molar-refractivity contribution is 6.31.